The van der Waals surface area contributed by atoms with Crippen LogP contribution in [0.4, 0.5) is 0 Å². The highest BCUT2D eigenvalue weighted by atomic mass is 16.5. The fourth-order valence-electron chi connectivity index (χ4n) is 6.04. The summed E-state index contributed by atoms with van der Waals surface area (Å²) in [5.41, 5.74) is -0.511. The van der Waals surface area contributed by atoms with E-state index >= 15 is 0 Å². The second kappa shape index (κ2) is 16.1. The predicted molar refractivity (Wildman–Crippen MR) is 180 cm³/mol. The van der Waals surface area contributed by atoms with Gasteiger partial charge in [0, 0.05) is 23.6 Å². The van der Waals surface area contributed by atoms with Gasteiger partial charge in [0.15, 0.2) is 0 Å². The minimum Gasteiger partial charge on any atom is -0.506 e. The summed E-state index contributed by atoms with van der Waals surface area (Å²) < 4.78 is 11.8. The monoisotopic (exact) mass is 643 g/mol. The molecule has 5 rings (SSSR count). The summed E-state index contributed by atoms with van der Waals surface area (Å²) >= 11 is 0. The Bertz CT molecular complexity index is 1670. The lowest BCUT2D eigenvalue weighted by atomic mass is 9.86. The lowest BCUT2D eigenvalue weighted by molar-refractivity contribution is -0.164. The Morgan fingerprint density at radius 2 is 1.77 bits per heavy atom. The van der Waals surface area contributed by atoms with Crippen molar-refractivity contribution < 1.29 is 29.6 Å². The Balaban J connectivity index is 1.09. The van der Waals surface area contributed by atoms with Gasteiger partial charge in [-0.15, -0.1) is 0 Å². The van der Waals surface area contributed by atoms with Crippen molar-refractivity contribution in [3.63, 3.8) is 0 Å². The number of phenolic OH excluding ortho intramolecular Hbond substituents is 1. The first-order valence-electron chi connectivity index (χ1n) is 16.4. The molecule has 1 aliphatic rings. The molecule has 1 fully saturated rings. The molecule has 10 nitrogen and oxygen atoms in total. The lowest BCUT2D eigenvalue weighted by Gasteiger charge is -2.31. The molecule has 1 aliphatic heterocycles. The summed E-state index contributed by atoms with van der Waals surface area (Å²) in [7, 11) is 2.09. The van der Waals surface area contributed by atoms with Gasteiger partial charge in [-0.3, -0.25) is 4.79 Å². The van der Waals surface area contributed by atoms with Gasteiger partial charge in [-0.05, 0) is 100 Å². The highest BCUT2D eigenvalue weighted by Gasteiger charge is 2.42. The van der Waals surface area contributed by atoms with Gasteiger partial charge in [0.1, 0.15) is 11.5 Å². The molecule has 0 saturated carbocycles. The summed E-state index contributed by atoms with van der Waals surface area (Å²) in [6, 6.07) is 22.0. The number of unbranched alkanes of at least 4 members (excludes halogenated alkanes) is 2. The number of carbonyl (C=O) groups is 1. The number of H-pyrrole nitrogens is 1. The Kier molecular flexibility index (Phi) is 11.7. The van der Waals surface area contributed by atoms with Crippen molar-refractivity contribution in [2.75, 3.05) is 46.4 Å². The van der Waals surface area contributed by atoms with Crippen molar-refractivity contribution in [3.8, 4) is 11.5 Å². The van der Waals surface area contributed by atoms with E-state index in [1.54, 1.807) is 54.6 Å². The number of ether oxygens (including phenoxy) is 2. The van der Waals surface area contributed by atoms with Crippen molar-refractivity contribution in [1.29, 1.82) is 0 Å². The molecule has 1 saturated heterocycles. The van der Waals surface area contributed by atoms with Crippen LogP contribution in [0.2, 0.25) is 0 Å². The number of nitrogens with zero attached hydrogens (tertiary/aromatic N) is 1. The van der Waals surface area contributed by atoms with Gasteiger partial charge >= 0.3 is 5.97 Å². The minimum absolute atomic E-state index is 0.0386. The standard InChI is InChI=1S/C37H45N3O7/c1-40-20-17-26(18-21-40)25-47-36(44)37(45,27-9-4-2-5-10-27)28-11-8-12-29(23-28)46-22-7-3-6-19-38-24-33(42)30-13-15-32(41)35-31(30)14-16-34(43)39-35/h2,4-5,8-16,23,26,33,38,41-42,45H,3,6-7,17-22,24-25H2,1H3,(H,39,43)/t33-,37-/m0/s1. The number of rotatable bonds is 15. The number of aliphatic hydroxyl groups excluding tert-OH is 1. The molecule has 4 aromatic rings. The number of carbonyl (C=O) groups excluding carboxylic acids is 1. The number of pyridine rings is 1. The van der Waals surface area contributed by atoms with Crippen LogP contribution in [0.1, 0.15) is 54.9 Å². The zero-order valence-corrected chi connectivity index (χ0v) is 26.9. The largest absolute Gasteiger partial charge is 0.506 e. The van der Waals surface area contributed by atoms with Gasteiger partial charge in [-0.25, -0.2) is 4.79 Å². The molecule has 2 atom stereocenters. The molecule has 250 valence electrons. The molecule has 2 heterocycles. The number of benzene rings is 3. The number of fused-ring (bicyclic) bond motifs is 1. The smallest absolute Gasteiger partial charge is 0.347 e. The number of aromatic nitrogens is 1. The van der Waals surface area contributed by atoms with Crippen LogP contribution in [-0.2, 0) is 15.1 Å². The van der Waals surface area contributed by atoms with E-state index in [4.69, 9.17) is 9.47 Å². The maximum Gasteiger partial charge on any atom is 0.347 e. The summed E-state index contributed by atoms with van der Waals surface area (Å²) in [6.07, 6.45) is 3.67. The van der Waals surface area contributed by atoms with Crippen LogP contribution in [-0.4, -0.2) is 77.6 Å². The summed E-state index contributed by atoms with van der Waals surface area (Å²) in [5, 5.41) is 36.6. The number of aromatic amines is 1. The van der Waals surface area contributed by atoms with Gasteiger partial charge in [0.2, 0.25) is 11.2 Å². The van der Waals surface area contributed by atoms with Gasteiger partial charge in [-0.2, -0.15) is 0 Å². The average Bonchev–Trinajstić information content (AvgIpc) is 3.09. The fraction of sp³-hybridized carbons (Fsp3) is 0.405. The van der Waals surface area contributed by atoms with Crippen molar-refractivity contribution in [2.45, 2.75) is 43.8 Å². The average molecular weight is 644 g/mol. The third-order valence-corrected chi connectivity index (χ3v) is 8.90. The van der Waals surface area contributed by atoms with Crippen molar-refractivity contribution in [3.05, 3.63) is 106 Å². The summed E-state index contributed by atoms with van der Waals surface area (Å²) in [5.74, 6) is 0.107. The van der Waals surface area contributed by atoms with Crippen LogP contribution in [0.15, 0.2) is 83.7 Å². The Morgan fingerprint density at radius 3 is 2.55 bits per heavy atom. The van der Waals surface area contributed by atoms with Gasteiger partial charge in [-0.1, -0.05) is 48.5 Å². The van der Waals surface area contributed by atoms with Crippen molar-refractivity contribution >= 4 is 16.9 Å². The van der Waals surface area contributed by atoms with E-state index < -0.39 is 17.7 Å². The first-order chi connectivity index (χ1) is 22.8. The molecule has 5 N–H and O–H groups in total. The molecule has 1 aromatic heterocycles. The first-order valence-corrected chi connectivity index (χ1v) is 16.4. The Labute approximate surface area is 275 Å². The summed E-state index contributed by atoms with van der Waals surface area (Å²) in [4.78, 5) is 30.0. The maximum absolute atomic E-state index is 13.5. The maximum atomic E-state index is 13.5. The normalized spacial score (nSPS) is 16.1. The molecule has 0 spiro atoms. The number of hydrogen-bond donors (Lipinski definition) is 5. The second-order valence-corrected chi connectivity index (χ2v) is 12.4. The molecular weight excluding hydrogens is 598 g/mol. The van der Waals surface area contributed by atoms with Crippen molar-refractivity contribution in [1.82, 2.24) is 15.2 Å². The minimum atomic E-state index is -1.97. The zero-order chi connectivity index (χ0) is 33.2. The second-order valence-electron chi connectivity index (χ2n) is 12.4. The topological polar surface area (TPSA) is 144 Å². The van der Waals surface area contributed by atoms with E-state index in [9.17, 15) is 24.9 Å². The highest BCUT2D eigenvalue weighted by Crippen LogP contribution is 2.34. The quantitative estimate of drug-likeness (QED) is 0.0950. The van der Waals surface area contributed by atoms with Crippen molar-refractivity contribution in [2.24, 2.45) is 5.92 Å². The SMILES string of the molecule is CN1CCC(COC(=O)[C@](O)(c2ccccc2)c2cccc(OCCCCCNC[C@H](O)c3ccc(O)c4[nH]c(=O)ccc34)c2)CC1. The predicted octanol–water partition coefficient (Wildman–Crippen LogP) is 4.23. The zero-order valence-electron chi connectivity index (χ0n) is 26.9. The number of aromatic hydroxyl groups is 1. The van der Waals surface area contributed by atoms with Crippen LogP contribution < -0.4 is 15.6 Å². The van der Waals surface area contributed by atoms with Crippen LogP contribution in [0.25, 0.3) is 10.9 Å². The molecule has 47 heavy (non-hydrogen) atoms. The first kappa shape index (κ1) is 34.1. The Morgan fingerprint density at radius 1 is 1.00 bits per heavy atom. The molecule has 0 bridgehead atoms. The van der Waals surface area contributed by atoms with Crippen LogP contribution in [0, 0.1) is 5.92 Å². The van der Waals surface area contributed by atoms with E-state index in [0.717, 1.165) is 45.2 Å². The molecule has 10 heteroatoms. The van der Waals surface area contributed by atoms with Crippen LogP contribution >= 0.6 is 0 Å². The van der Waals surface area contributed by atoms with E-state index in [2.05, 4.69) is 22.2 Å². The number of hydrogen-bond acceptors (Lipinski definition) is 9. The van der Waals surface area contributed by atoms with E-state index in [1.807, 2.05) is 12.1 Å². The third kappa shape index (κ3) is 8.58. The van der Waals surface area contributed by atoms with E-state index in [0.29, 0.717) is 53.0 Å². The third-order valence-electron chi connectivity index (χ3n) is 8.90. The molecule has 0 amide bonds. The van der Waals surface area contributed by atoms with E-state index in [1.165, 1.54) is 12.1 Å². The number of likely N-dealkylation sites (tertiary alicyclic amines) is 1. The lowest BCUT2D eigenvalue weighted by Crippen LogP contribution is -2.40. The molecule has 0 aliphatic carbocycles. The van der Waals surface area contributed by atoms with E-state index in [-0.39, 0.29) is 23.8 Å². The fourth-order valence-corrected chi connectivity index (χ4v) is 6.04. The molecular formula is C37H45N3O7. The Hall–Kier alpha value is -4.22. The van der Waals surface area contributed by atoms with Crippen LogP contribution in [0.3, 0.4) is 0 Å². The van der Waals surface area contributed by atoms with Crippen LogP contribution in [0.5, 0.6) is 11.5 Å². The number of phenols is 1. The highest BCUT2D eigenvalue weighted by molar-refractivity contribution is 5.87. The number of nitrogens with one attached hydrogen (secondary N) is 2. The molecule has 0 unspecified atom stereocenters. The van der Waals surface area contributed by atoms with Gasteiger partial charge in [0.05, 0.1) is 24.8 Å². The summed E-state index contributed by atoms with van der Waals surface area (Å²) in [6.45, 7) is 3.70. The number of esters is 1. The van der Waals surface area contributed by atoms with Gasteiger partial charge in [0.25, 0.3) is 0 Å². The van der Waals surface area contributed by atoms with Gasteiger partial charge < -0.3 is 40.0 Å². The number of aliphatic hydroxyl groups is 2. The molecule has 3 aromatic carbocycles. The number of piperidine rings is 1. The molecule has 0 radical (unpaired) electrons.